The maximum atomic E-state index is 14.3. The molecule has 0 aliphatic heterocycles. The Balaban J connectivity index is 2.05. The third kappa shape index (κ3) is 32.3. The number of carboxylic acids is 1. The zero-order valence-electron chi connectivity index (χ0n) is 51.1. The number of hydrogen-bond donors (Lipinski definition) is 1. The van der Waals surface area contributed by atoms with Crippen molar-refractivity contribution in [1.29, 1.82) is 5.26 Å². The first kappa shape index (κ1) is 71.8. The molecule has 0 spiro atoms. The number of carbonyl (C=O) groups excluding carboxylic acids is 3. The Kier molecular flexibility index (Phi) is 39.7. The molecule has 0 aliphatic rings. The van der Waals surface area contributed by atoms with Crippen LogP contribution in [0.15, 0.2) is 60.7 Å². The number of rotatable bonds is 52. The molecule has 2 aromatic rings. The molecule has 0 radical (unpaired) electrons. The predicted molar refractivity (Wildman–Crippen MR) is 318 cm³/mol. The first-order chi connectivity index (χ1) is 38.6. The van der Waals surface area contributed by atoms with Gasteiger partial charge in [-0.25, -0.2) is 0 Å². The van der Waals surface area contributed by atoms with E-state index in [0.29, 0.717) is 52.5 Å². The minimum atomic E-state index is -1.67. The average molecular weight is 1120 g/mol. The summed E-state index contributed by atoms with van der Waals surface area (Å²) in [5.74, 6) is -5.67. The van der Waals surface area contributed by atoms with Gasteiger partial charge in [-0.05, 0) is 88.7 Å². The summed E-state index contributed by atoms with van der Waals surface area (Å²) in [5.41, 5.74) is -1.46. The highest BCUT2D eigenvalue weighted by Crippen LogP contribution is 2.43. The van der Waals surface area contributed by atoms with E-state index in [4.69, 9.17) is 33.2 Å². The fraction of sp³-hybridized carbons (Fsp3) is 0.746. The minimum absolute atomic E-state index is 0.0254. The Hall–Kier alpha value is -4.35. The van der Waals surface area contributed by atoms with Crippen LogP contribution in [0.1, 0.15) is 227 Å². The van der Waals surface area contributed by atoms with Crippen molar-refractivity contribution < 1.29 is 57.4 Å². The molecule has 5 unspecified atom stereocenters. The number of benzene rings is 2. The van der Waals surface area contributed by atoms with Gasteiger partial charge < -0.3 is 38.3 Å². The van der Waals surface area contributed by atoms with Gasteiger partial charge in [0, 0.05) is 12.5 Å². The van der Waals surface area contributed by atoms with Gasteiger partial charge in [0.1, 0.15) is 13.2 Å². The fourth-order valence-electron chi connectivity index (χ4n) is 10.5. The third-order valence-electron chi connectivity index (χ3n) is 15.8. The second-order valence-electron chi connectivity index (χ2n) is 23.5. The van der Waals surface area contributed by atoms with E-state index >= 15 is 0 Å². The molecular weight excluding hydrogens is 1010 g/mol. The van der Waals surface area contributed by atoms with Crippen LogP contribution in [0.3, 0.4) is 0 Å². The number of esters is 3. The number of unbranched alkanes of at least 4 members (excludes halogenated alkanes) is 18. The summed E-state index contributed by atoms with van der Waals surface area (Å²) in [6, 6.07) is 21.6. The molecule has 13 heteroatoms. The summed E-state index contributed by atoms with van der Waals surface area (Å²) in [4.78, 5) is 55.9. The molecule has 0 saturated heterocycles. The average Bonchev–Trinajstić information content (AvgIpc) is 3.48. The van der Waals surface area contributed by atoms with Crippen LogP contribution in [0, 0.1) is 39.9 Å². The van der Waals surface area contributed by atoms with E-state index in [1.165, 1.54) is 103 Å². The molecule has 5 atom stereocenters. The molecule has 0 saturated carbocycles. The van der Waals surface area contributed by atoms with Gasteiger partial charge in [-0.1, -0.05) is 204 Å². The van der Waals surface area contributed by atoms with Crippen molar-refractivity contribution in [3.8, 4) is 6.07 Å². The van der Waals surface area contributed by atoms with E-state index < -0.39 is 57.9 Å². The van der Waals surface area contributed by atoms with Crippen LogP contribution in [0.5, 0.6) is 0 Å². The lowest BCUT2D eigenvalue weighted by atomic mass is 9.68. The highest BCUT2D eigenvalue weighted by Gasteiger charge is 2.46. The molecule has 13 nitrogen and oxygen atoms in total. The SMILES string of the molecule is CCCCCCCCCCCCOCCOCCOCCOCCOC(=O)C(C)(C)CC(CC(C)(CC(CC(C#N)CC(C)(CC)c1ccccc1)C(=O)OCc1ccccc1)C(=O)O)C(=O)OCCCCCCCCCCCC. The van der Waals surface area contributed by atoms with Crippen LogP contribution >= 0.6 is 0 Å². The van der Waals surface area contributed by atoms with Crippen molar-refractivity contribution in [3.63, 3.8) is 0 Å². The van der Waals surface area contributed by atoms with E-state index in [-0.39, 0.29) is 52.1 Å². The molecule has 0 bridgehead atoms. The number of nitriles is 1. The van der Waals surface area contributed by atoms with Crippen molar-refractivity contribution in [3.05, 3.63) is 71.8 Å². The van der Waals surface area contributed by atoms with Crippen LogP contribution < -0.4 is 0 Å². The maximum absolute atomic E-state index is 14.3. The second-order valence-corrected chi connectivity index (χ2v) is 23.5. The summed E-state index contributed by atoms with van der Waals surface area (Å²) >= 11 is 0. The Morgan fingerprint density at radius 3 is 1.39 bits per heavy atom. The van der Waals surface area contributed by atoms with Crippen LogP contribution in [0.4, 0.5) is 0 Å². The smallest absolute Gasteiger partial charge is 0.311 e. The van der Waals surface area contributed by atoms with Gasteiger partial charge in [0.15, 0.2) is 0 Å². The van der Waals surface area contributed by atoms with Crippen molar-refractivity contribution in [1.82, 2.24) is 0 Å². The van der Waals surface area contributed by atoms with Gasteiger partial charge in [-0.15, -0.1) is 0 Å². The standard InChI is InChI=1S/C67H109NO12/c1-8-11-13-15-17-19-21-23-25-33-39-74-41-42-75-43-44-76-45-46-77-47-48-79-64(73)65(4,5)51-59(62(70)78-40-34-26-24-22-20-18-16-14-12-9-2)53-67(7,63(71)72)52-58(61(69)80-55-56-35-29-27-30-36-56)49-57(54-68)50-66(6,10-3)60-37-31-28-32-38-60/h27-32,35-38,57-59H,8-26,33-34,39-53,55H2,1-7H3,(H,71,72). The molecular formula is C67H109NO12. The highest BCUT2D eigenvalue weighted by atomic mass is 16.6. The first-order valence-electron chi connectivity index (χ1n) is 31.2. The lowest BCUT2D eigenvalue weighted by Gasteiger charge is -2.35. The van der Waals surface area contributed by atoms with Crippen LogP contribution in [0.25, 0.3) is 0 Å². The minimum Gasteiger partial charge on any atom is -0.481 e. The van der Waals surface area contributed by atoms with Gasteiger partial charge in [-0.2, -0.15) is 5.26 Å². The van der Waals surface area contributed by atoms with Gasteiger partial charge in [-0.3, -0.25) is 19.2 Å². The monoisotopic (exact) mass is 1120 g/mol. The number of hydrogen-bond acceptors (Lipinski definition) is 12. The van der Waals surface area contributed by atoms with Gasteiger partial charge in [0.25, 0.3) is 0 Å². The number of carbonyl (C=O) groups is 4. The third-order valence-corrected chi connectivity index (χ3v) is 15.8. The molecule has 2 aromatic carbocycles. The fourth-order valence-corrected chi connectivity index (χ4v) is 10.5. The lowest BCUT2D eigenvalue weighted by Crippen LogP contribution is -2.40. The van der Waals surface area contributed by atoms with Gasteiger partial charge in [0.2, 0.25) is 0 Å². The quantitative estimate of drug-likeness (QED) is 0.0376. The van der Waals surface area contributed by atoms with Gasteiger partial charge in [0.05, 0.1) is 81.6 Å². The Morgan fingerprint density at radius 2 is 0.912 bits per heavy atom. The van der Waals surface area contributed by atoms with Crippen molar-refractivity contribution in [2.75, 3.05) is 66.1 Å². The van der Waals surface area contributed by atoms with Crippen molar-refractivity contribution >= 4 is 23.9 Å². The lowest BCUT2D eigenvalue weighted by molar-refractivity contribution is -0.161. The molecule has 0 amide bonds. The van der Waals surface area contributed by atoms with E-state index in [2.05, 4.69) is 33.8 Å². The Bertz CT molecular complexity index is 1940. The summed E-state index contributed by atoms with van der Waals surface area (Å²) in [6.45, 7) is 17.1. The molecule has 0 fully saturated rings. The Labute approximate surface area is 484 Å². The summed E-state index contributed by atoms with van der Waals surface area (Å²) in [7, 11) is 0. The van der Waals surface area contributed by atoms with E-state index in [1.807, 2.05) is 60.7 Å². The number of aliphatic carboxylic acids is 1. The van der Waals surface area contributed by atoms with Gasteiger partial charge >= 0.3 is 23.9 Å². The largest absolute Gasteiger partial charge is 0.481 e. The van der Waals surface area contributed by atoms with Crippen molar-refractivity contribution in [2.45, 2.75) is 227 Å². The van der Waals surface area contributed by atoms with Crippen molar-refractivity contribution in [2.24, 2.45) is 28.6 Å². The number of nitrogens with zero attached hydrogens (tertiary/aromatic N) is 1. The number of ether oxygens (including phenoxy) is 7. The second kappa shape index (κ2) is 44.3. The molecule has 0 aromatic heterocycles. The topological polar surface area (TPSA) is 177 Å². The van der Waals surface area contributed by atoms with Crippen LogP contribution in [-0.2, 0) is 64.4 Å². The summed E-state index contributed by atoms with van der Waals surface area (Å²) < 4.78 is 40.1. The number of carboxylic acid groups (broad SMARTS) is 1. The van der Waals surface area contributed by atoms with E-state index in [1.54, 1.807) is 13.8 Å². The molecule has 454 valence electrons. The highest BCUT2D eigenvalue weighted by molar-refractivity contribution is 5.81. The normalized spacial score (nSPS) is 14.3. The van der Waals surface area contributed by atoms with Crippen LogP contribution in [-0.4, -0.2) is 95.1 Å². The predicted octanol–water partition coefficient (Wildman–Crippen LogP) is 15.5. The molecule has 0 heterocycles. The first-order valence-corrected chi connectivity index (χ1v) is 31.2. The zero-order chi connectivity index (χ0) is 58.6. The van der Waals surface area contributed by atoms with E-state index in [0.717, 1.165) is 49.8 Å². The molecule has 0 aliphatic carbocycles. The van der Waals surface area contributed by atoms with E-state index in [9.17, 15) is 29.5 Å². The molecule has 1 N–H and O–H groups in total. The van der Waals surface area contributed by atoms with Crippen LogP contribution in [0.2, 0.25) is 0 Å². The molecule has 2 rings (SSSR count). The Morgan fingerprint density at radius 1 is 0.487 bits per heavy atom. The summed E-state index contributed by atoms with van der Waals surface area (Å²) in [5, 5.41) is 21.8. The maximum Gasteiger partial charge on any atom is 0.311 e. The zero-order valence-corrected chi connectivity index (χ0v) is 51.1. The summed E-state index contributed by atoms with van der Waals surface area (Å²) in [6.07, 6.45) is 24.8. The molecule has 80 heavy (non-hydrogen) atoms.